The van der Waals surface area contributed by atoms with Crippen LogP contribution in [0, 0.1) is 0 Å². The molecule has 0 bridgehead atoms. The fourth-order valence-corrected chi connectivity index (χ4v) is 5.09. The first-order chi connectivity index (χ1) is 14.3. The highest BCUT2D eigenvalue weighted by atomic mass is 32.1. The molecule has 1 aromatic heterocycles. The molecule has 0 unspecified atom stereocenters. The zero-order valence-corrected chi connectivity index (χ0v) is 17.5. The highest BCUT2D eigenvalue weighted by Gasteiger charge is 2.24. The van der Waals surface area contributed by atoms with E-state index in [1.165, 1.54) is 17.7 Å². The third-order valence-corrected chi connectivity index (χ3v) is 6.82. The molecule has 4 heteroatoms. The Hall–Kier alpha value is -2.43. The number of carbonyl (C=O) groups is 1. The van der Waals surface area contributed by atoms with Gasteiger partial charge in [-0.15, -0.1) is 11.3 Å². The zero-order chi connectivity index (χ0) is 19.9. The molecule has 0 spiro atoms. The van der Waals surface area contributed by atoms with Gasteiger partial charge in [-0.2, -0.15) is 0 Å². The summed E-state index contributed by atoms with van der Waals surface area (Å²) in [7, 11) is 0. The largest absolute Gasteiger partial charge is 0.354 e. The molecule has 1 N–H and O–H groups in total. The molecule has 3 nitrogen and oxygen atoms in total. The minimum absolute atomic E-state index is 0.0795. The summed E-state index contributed by atoms with van der Waals surface area (Å²) in [5, 5.41) is 5.36. The topological polar surface area (TPSA) is 32.3 Å². The van der Waals surface area contributed by atoms with E-state index in [0.29, 0.717) is 12.5 Å². The predicted molar refractivity (Wildman–Crippen MR) is 120 cm³/mol. The molecule has 1 amide bonds. The lowest BCUT2D eigenvalue weighted by Gasteiger charge is -2.31. The van der Waals surface area contributed by atoms with Gasteiger partial charge in [-0.05, 0) is 54.4 Å². The van der Waals surface area contributed by atoms with Crippen LogP contribution in [0.4, 0.5) is 0 Å². The van der Waals surface area contributed by atoms with Gasteiger partial charge in [0.05, 0.1) is 5.92 Å². The van der Waals surface area contributed by atoms with Gasteiger partial charge in [-0.1, -0.05) is 66.7 Å². The van der Waals surface area contributed by atoms with Crippen molar-refractivity contribution in [3.8, 4) is 0 Å². The van der Waals surface area contributed by atoms with E-state index < -0.39 is 0 Å². The predicted octanol–water partition coefficient (Wildman–Crippen LogP) is 4.88. The second kappa shape index (κ2) is 9.86. The van der Waals surface area contributed by atoms with Crippen molar-refractivity contribution in [2.45, 2.75) is 24.7 Å². The average molecular weight is 405 g/mol. The number of carbonyl (C=O) groups excluding carboxylic acids is 1. The minimum atomic E-state index is -0.262. The summed E-state index contributed by atoms with van der Waals surface area (Å²) in [6.45, 7) is 3.83. The Kier molecular flexibility index (Phi) is 6.75. The van der Waals surface area contributed by atoms with Gasteiger partial charge in [0.2, 0.25) is 5.91 Å². The molecule has 4 rings (SSSR count). The monoisotopic (exact) mass is 404 g/mol. The quantitative estimate of drug-likeness (QED) is 0.609. The molecule has 1 aliphatic rings. The van der Waals surface area contributed by atoms with Gasteiger partial charge in [0.15, 0.2) is 0 Å². The summed E-state index contributed by atoms with van der Waals surface area (Å²) in [5.41, 5.74) is 2.07. The third-order valence-electron chi connectivity index (χ3n) is 5.79. The van der Waals surface area contributed by atoms with Crippen molar-refractivity contribution in [2.75, 3.05) is 26.2 Å². The standard InChI is InChI=1S/C25H28N2OS/c28-25(24(21-8-3-1-4-9-21)22-10-5-2-6-11-22)26-15-18-27-16-13-20(14-17-27)23-12-7-19-29-23/h1-12,19-20,24H,13-18H2,(H,26,28). The SMILES string of the molecule is O=C(NCCN1CCC(c2cccs2)CC1)C(c1ccccc1)c1ccccc1. The van der Waals surface area contributed by atoms with E-state index in [1.807, 2.05) is 72.0 Å². The maximum absolute atomic E-state index is 13.1. The highest BCUT2D eigenvalue weighted by molar-refractivity contribution is 7.10. The number of benzene rings is 2. The van der Waals surface area contributed by atoms with Gasteiger partial charge in [0, 0.05) is 18.0 Å². The molecule has 2 heterocycles. The van der Waals surface area contributed by atoms with Crippen molar-refractivity contribution in [1.82, 2.24) is 10.2 Å². The molecule has 0 saturated carbocycles. The Balaban J connectivity index is 1.31. The molecule has 3 aromatic rings. The highest BCUT2D eigenvalue weighted by Crippen LogP contribution is 2.30. The number of piperidine rings is 1. The zero-order valence-electron chi connectivity index (χ0n) is 16.7. The van der Waals surface area contributed by atoms with E-state index in [2.05, 4.69) is 27.7 Å². The van der Waals surface area contributed by atoms with Crippen LogP contribution in [-0.2, 0) is 4.79 Å². The van der Waals surface area contributed by atoms with Crippen molar-refractivity contribution < 1.29 is 4.79 Å². The first-order valence-electron chi connectivity index (χ1n) is 10.4. The number of thiophene rings is 1. The van der Waals surface area contributed by atoms with Crippen LogP contribution in [0.1, 0.15) is 40.7 Å². The van der Waals surface area contributed by atoms with Crippen molar-refractivity contribution in [2.24, 2.45) is 0 Å². The van der Waals surface area contributed by atoms with E-state index in [1.54, 1.807) is 0 Å². The molecule has 29 heavy (non-hydrogen) atoms. The Morgan fingerprint density at radius 2 is 1.55 bits per heavy atom. The van der Waals surface area contributed by atoms with Crippen LogP contribution < -0.4 is 5.32 Å². The van der Waals surface area contributed by atoms with Crippen molar-refractivity contribution in [1.29, 1.82) is 0 Å². The number of likely N-dealkylation sites (tertiary alicyclic amines) is 1. The normalized spacial score (nSPS) is 15.5. The van der Waals surface area contributed by atoms with Crippen molar-refractivity contribution in [3.63, 3.8) is 0 Å². The minimum Gasteiger partial charge on any atom is -0.354 e. The maximum atomic E-state index is 13.1. The van der Waals surface area contributed by atoms with E-state index in [4.69, 9.17) is 0 Å². The number of hydrogen-bond acceptors (Lipinski definition) is 3. The molecule has 1 aliphatic heterocycles. The Bertz CT molecular complexity index is 832. The fraction of sp³-hybridized carbons (Fsp3) is 0.320. The van der Waals surface area contributed by atoms with E-state index >= 15 is 0 Å². The summed E-state index contributed by atoms with van der Waals surface area (Å²) < 4.78 is 0. The molecular weight excluding hydrogens is 376 g/mol. The van der Waals surface area contributed by atoms with E-state index in [-0.39, 0.29) is 11.8 Å². The summed E-state index contributed by atoms with van der Waals surface area (Å²) in [5.74, 6) is 0.527. The molecule has 0 atom stereocenters. The summed E-state index contributed by atoms with van der Waals surface area (Å²) >= 11 is 1.88. The van der Waals surface area contributed by atoms with Crippen molar-refractivity contribution >= 4 is 17.2 Å². The van der Waals surface area contributed by atoms with Crippen LogP contribution in [0.5, 0.6) is 0 Å². The maximum Gasteiger partial charge on any atom is 0.232 e. The van der Waals surface area contributed by atoms with Crippen LogP contribution >= 0.6 is 11.3 Å². The Morgan fingerprint density at radius 1 is 0.931 bits per heavy atom. The summed E-state index contributed by atoms with van der Waals surface area (Å²) in [4.78, 5) is 17.1. The smallest absolute Gasteiger partial charge is 0.232 e. The number of nitrogens with zero attached hydrogens (tertiary/aromatic N) is 1. The molecule has 150 valence electrons. The summed E-state index contributed by atoms with van der Waals surface area (Å²) in [6, 6.07) is 24.5. The second-order valence-corrected chi connectivity index (χ2v) is 8.66. The van der Waals surface area contributed by atoms with Gasteiger partial charge in [0.1, 0.15) is 0 Å². The van der Waals surface area contributed by atoms with Crippen LogP contribution in [0.3, 0.4) is 0 Å². The summed E-state index contributed by atoms with van der Waals surface area (Å²) in [6.07, 6.45) is 2.43. The molecule has 2 aromatic carbocycles. The molecule has 1 saturated heterocycles. The molecular formula is C25H28N2OS. The molecule has 0 radical (unpaired) electrons. The van der Waals surface area contributed by atoms with E-state index in [9.17, 15) is 4.79 Å². The lowest BCUT2D eigenvalue weighted by molar-refractivity contribution is -0.121. The van der Waals surface area contributed by atoms with E-state index in [0.717, 1.165) is 30.8 Å². The fourth-order valence-electron chi connectivity index (χ4n) is 4.19. The van der Waals surface area contributed by atoms with Gasteiger partial charge >= 0.3 is 0 Å². The lowest BCUT2D eigenvalue weighted by atomic mass is 9.90. The van der Waals surface area contributed by atoms with Gasteiger partial charge < -0.3 is 10.2 Å². The average Bonchev–Trinajstić information content (AvgIpc) is 3.31. The number of nitrogens with one attached hydrogen (secondary N) is 1. The Labute approximate surface area is 177 Å². The number of hydrogen-bond donors (Lipinski definition) is 1. The van der Waals surface area contributed by atoms with Crippen LogP contribution in [0.2, 0.25) is 0 Å². The van der Waals surface area contributed by atoms with Gasteiger partial charge in [-0.3, -0.25) is 4.79 Å². The van der Waals surface area contributed by atoms with Crippen molar-refractivity contribution in [3.05, 3.63) is 94.2 Å². The van der Waals surface area contributed by atoms with Crippen LogP contribution in [0.15, 0.2) is 78.2 Å². The number of amides is 1. The van der Waals surface area contributed by atoms with Gasteiger partial charge in [0.25, 0.3) is 0 Å². The third kappa shape index (κ3) is 5.14. The second-order valence-electron chi connectivity index (χ2n) is 7.68. The first-order valence-corrected chi connectivity index (χ1v) is 11.3. The lowest BCUT2D eigenvalue weighted by Crippen LogP contribution is -2.40. The Morgan fingerprint density at radius 3 is 2.10 bits per heavy atom. The first kappa shape index (κ1) is 19.9. The van der Waals surface area contributed by atoms with Crippen LogP contribution in [-0.4, -0.2) is 37.0 Å². The molecule has 1 fully saturated rings. The van der Waals surface area contributed by atoms with Crippen LogP contribution in [0.25, 0.3) is 0 Å². The molecule has 0 aliphatic carbocycles. The number of rotatable bonds is 7. The van der Waals surface area contributed by atoms with Gasteiger partial charge in [-0.25, -0.2) is 0 Å².